The van der Waals surface area contributed by atoms with Crippen LogP contribution in [0.15, 0.2) is 12.2 Å². The van der Waals surface area contributed by atoms with Crippen LogP contribution in [-0.2, 0) is 4.89 Å². The first-order valence-corrected chi connectivity index (χ1v) is 11.3. The van der Waals surface area contributed by atoms with E-state index < -0.39 is 12.1 Å². The van der Waals surface area contributed by atoms with Crippen molar-refractivity contribution in [3.05, 3.63) is 12.2 Å². The highest BCUT2D eigenvalue weighted by atomic mass is 31.1. The molecule has 3 atom stereocenters. The van der Waals surface area contributed by atoms with Gasteiger partial charge in [-0.1, -0.05) is 83.3 Å². The SMILES string of the molecule is CCCCCCCCCCCCC/C=C/[C@@H](O)[C@@H](N)COO.CPO. The molecular formula is C19H42NO4P. The van der Waals surface area contributed by atoms with Crippen LogP contribution in [0, 0.1) is 0 Å². The van der Waals surface area contributed by atoms with E-state index in [1.165, 1.54) is 64.2 Å². The second-order valence-corrected chi connectivity index (χ2v) is 6.87. The molecular weight excluding hydrogens is 337 g/mol. The van der Waals surface area contributed by atoms with Gasteiger partial charge in [0.25, 0.3) is 0 Å². The molecule has 0 spiro atoms. The summed E-state index contributed by atoms with van der Waals surface area (Å²) in [4.78, 5) is 11.5. The third kappa shape index (κ3) is 24.0. The summed E-state index contributed by atoms with van der Waals surface area (Å²) in [6.07, 6.45) is 18.6. The van der Waals surface area contributed by atoms with Crippen LogP contribution in [0.1, 0.15) is 84.0 Å². The average molecular weight is 380 g/mol. The number of hydrogen-bond donors (Lipinski definition) is 4. The van der Waals surface area contributed by atoms with Gasteiger partial charge < -0.3 is 15.7 Å². The van der Waals surface area contributed by atoms with Crippen molar-refractivity contribution in [1.82, 2.24) is 0 Å². The molecule has 0 aromatic rings. The van der Waals surface area contributed by atoms with Crippen LogP contribution in [0.5, 0.6) is 0 Å². The summed E-state index contributed by atoms with van der Waals surface area (Å²) in [6.45, 7) is 3.91. The molecule has 0 aliphatic heterocycles. The molecule has 0 amide bonds. The number of rotatable bonds is 16. The molecule has 25 heavy (non-hydrogen) atoms. The van der Waals surface area contributed by atoms with Crippen molar-refractivity contribution in [2.45, 2.75) is 96.1 Å². The molecule has 152 valence electrons. The molecule has 0 heterocycles. The summed E-state index contributed by atoms with van der Waals surface area (Å²) in [7, 11) is 0.0833. The van der Waals surface area contributed by atoms with E-state index >= 15 is 0 Å². The van der Waals surface area contributed by atoms with Gasteiger partial charge in [0.05, 0.1) is 18.8 Å². The highest BCUT2D eigenvalue weighted by molar-refractivity contribution is 7.29. The number of unbranched alkanes of at least 4 members (excludes halogenated alkanes) is 11. The molecule has 0 rings (SSSR count). The van der Waals surface area contributed by atoms with Crippen LogP contribution in [-0.4, -0.2) is 40.7 Å². The fraction of sp³-hybridized carbons (Fsp3) is 0.895. The smallest absolute Gasteiger partial charge is 0.0999 e. The van der Waals surface area contributed by atoms with Gasteiger partial charge in [-0.15, -0.1) is 0 Å². The summed E-state index contributed by atoms with van der Waals surface area (Å²) >= 11 is 0. The molecule has 0 fully saturated rings. The van der Waals surface area contributed by atoms with Crippen molar-refractivity contribution in [3.8, 4) is 0 Å². The van der Waals surface area contributed by atoms with E-state index in [2.05, 4.69) is 11.8 Å². The van der Waals surface area contributed by atoms with Crippen molar-refractivity contribution in [2.75, 3.05) is 13.3 Å². The fourth-order valence-corrected chi connectivity index (χ4v) is 2.49. The Morgan fingerprint density at radius 1 is 0.960 bits per heavy atom. The van der Waals surface area contributed by atoms with Crippen LogP contribution in [0.4, 0.5) is 0 Å². The van der Waals surface area contributed by atoms with E-state index in [4.69, 9.17) is 15.9 Å². The number of nitrogens with two attached hydrogens (primary N) is 1. The predicted octanol–water partition coefficient (Wildman–Crippen LogP) is 4.62. The summed E-state index contributed by atoms with van der Waals surface area (Å²) < 4.78 is 0. The van der Waals surface area contributed by atoms with Gasteiger partial charge in [-0.25, -0.2) is 4.89 Å². The lowest BCUT2D eigenvalue weighted by molar-refractivity contribution is -0.247. The number of allylic oxidation sites excluding steroid dienone is 1. The van der Waals surface area contributed by atoms with Crippen LogP contribution in [0.3, 0.4) is 0 Å². The van der Waals surface area contributed by atoms with E-state index in [0.29, 0.717) is 0 Å². The molecule has 6 heteroatoms. The van der Waals surface area contributed by atoms with Gasteiger partial charge >= 0.3 is 0 Å². The van der Waals surface area contributed by atoms with E-state index in [0.717, 1.165) is 12.8 Å². The summed E-state index contributed by atoms with van der Waals surface area (Å²) in [5.74, 6) is 0. The molecule has 0 bridgehead atoms. The third-order valence-electron chi connectivity index (χ3n) is 4.01. The minimum atomic E-state index is -0.750. The van der Waals surface area contributed by atoms with Gasteiger partial charge in [0.1, 0.15) is 0 Å². The van der Waals surface area contributed by atoms with Gasteiger partial charge in [-0.05, 0) is 19.5 Å². The second kappa shape index (κ2) is 24.0. The van der Waals surface area contributed by atoms with Gasteiger partial charge in [0, 0.05) is 8.81 Å². The van der Waals surface area contributed by atoms with Crippen LogP contribution in [0.2, 0.25) is 0 Å². The Bertz CT molecular complexity index is 268. The van der Waals surface area contributed by atoms with Gasteiger partial charge in [0.2, 0.25) is 0 Å². The maximum absolute atomic E-state index is 9.62. The molecule has 0 aromatic heterocycles. The quantitative estimate of drug-likeness (QED) is 0.103. The van der Waals surface area contributed by atoms with Crippen molar-refractivity contribution in [1.29, 1.82) is 0 Å². The first kappa shape index (κ1) is 27.2. The Balaban J connectivity index is 0. The standard InChI is InChI=1S/C18H37NO3.CH5OP/c1-2-3-4-5-6-7-8-9-10-11-12-13-14-15-18(20)17(19)16-22-21;1-3-2/h14-15,17-18,20-21H,2-13,16,19H2,1H3;2-3H,1H3/b15-14+;/t17-,18+;/m0./s1. The van der Waals surface area contributed by atoms with Crippen molar-refractivity contribution in [3.63, 3.8) is 0 Å². The van der Waals surface area contributed by atoms with E-state index in [9.17, 15) is 5.11 Å². The van der Waals surface area contributed by atoms with Gasteiger partial charge in [-0.2, -0.15) is 0 Å². The first-order chi connectivity index (χ1) is 12.1. The number of aliphatic hydroxyl groups excluding tert-OH is 1. The topological polar surface area (TPSA) is 95.9 Å². The first-order valence-electron chi connectivity index (χ1n) is 9.81. The highest BCUT2D eigenvalue weighted by Crippen LogP contribution is 2.12. The fourth-order valence-electron chi connectivity index (χ4n) is 2.49. The van der Waals surface area contributed by atoms with Crippen molar-refractivity contribution < 1.29 is 20.1 Å². The Labute approximate surface area is 156 Å². The lowest BCUT2D eigenvalue weighted by Gasteiger charge is -2.12. The van der Waals surface area contributed by atoms with E-state index in [-0.39, 0.29) is 15.4 Å². The highest BCUT2D eigenvalue weighted by Gasteiger charge is 2.10. The lowest BCUT2D eigenvalue weighted by atomic mass is 10.0. The molecule has 0 radical (unpaired) electrons. The molecule has 0 aromatic carbocycles. The minimum absolute atomic E-state index is 0.0516. The number of aliphatic hydroxyl groups is 1. The van der Waals surface area contributed by atoms with Crippen LogP contribution < -0.4 is 5.73 Å². The molecule has 0 aliphatic rings. The molecule has 5 nitrogen and oxygen atoms in total. The molecule has 5 N–H and O–H groups in total. The minimum Gasteiger partial charge on any atom is -0.387 e. The number of hydrogen-bond acceptors (Lipinski definition) is 5. The van der Waals surface area contributed by atoms with Gasteiger partial charge in [-0.3, -0.25) is 5.26 Å². The zero-order valence-electron chi connectivity index (χ0n) is 16.3. The van der Waals surface area contributed by atoms with E-state index in [1.807, 2.05) is 6.08 Å². The lowest BCUT2D eigenvalue weighted by Crippen LogP contribution is -2.37. The molecule has 0 aliphatic carbocycles. The maximum Gasteiger partial charge on any atom is 0.0999 e. The molecule has 0 saturated carbocycles. The monoisotopic (exact) mass is 379 g/mol. The van der Waals surface area contributed by atoms with Crippen LogP contribution in [0.25, 0.3) is 0 Å². The zero-order chi connectivity index (χ0) is 19.2. The van der Waals surface area contributed by atoms with Crippen molar-refractivity contribution >= 4 is 8.81 Å². The van der Waals surface area contributed by atoms with Crippen LogP contribution >= 0.6 is 8.81 Å². The summed E-state index contributed by atoms with van der Waals surface area (Å²) in [6, 6.07) is -0.571. The average Bonchev–Trinajstić information content (AvgIpc) is 2.59. The second-order valence-electron chi connectivity index (χ2n) is 6.43. The Morgan fingerprint density at radius 3 is 1.84 bits per heavy atom. The van der Waals surface area contributed by atoms with Gasteiger partial charge in [0.15, 0.2) is 0 Å². The summed E-state index contributed by atoms with van der Waals surface area (Å²) in [5, 5.41) is 17.9. The summed E-state index contributed by atoms with van der Waals surface area (Å²) in [5.41, 5.74) is 5.59. The molecule has 1 unspecified atom stereocenters. The maximum atomic E-state index is 9.62. The van der Waals surface area contributed by atoms with E-state index in [1.54, 1.807) is 12.7 Å². The normalized spacial score (nSPS) is 14.0. The van der Waals surface area contributed by atoms with Crippen molar-refractivity contribution in [2.24, 2.45) is 5.73 Å². The molecule has 0 saturated heterocycles. The largest absolute Gasteiger partial charge is 0.387 e. The Morgan fingerprint density at radius 2 is 1.40 bits per heavy atom. The predicted molar refractivity (Wildman–Crippen MR) is 109 cm³/mol. The zero-order valence-corrected chi connectivity index (χ0v) is 17.3. The Hall–Kier alpha value is -0.0300. The third-order valence-corrected chi connectivity index (χ3v) is 4.01. The Kier molecular flexibility index (Phi) is 26.1.